The number of aliphatic hydroxyl groups is 1. The Kier molecular flexibility index (Phi) is 11.9. The maximum absolute atomic E-state index is 12.6. The Balaban J connectivity index is 2.72. The summed E-state index contributed by atoms with van der Waals surface area (Å²) in [6.45, 7) is 19.0. The molecule has 0 spiro atoms. The molecule has 1 aromatic rings. The van der Waals surface area contributed by atoms with Gasteiger partial charge in [-0.05, 0) is 92.6 Å². The number of hydrogen-bond acceptors (Lipinski definition) is 5. The first-order valence-electron chi connectivity index (χ1n) is 15.2. The van der Waals surface area contributed by atoms with Gasteiger partial charge in [0.05, 0.1) is 13.0 Å². The van der Waals surface area contributed by atoms with Crippen LogP contribution in [0.2, 0.25) is 18.1 Å². The van der Waals surface area contributed by atoms with E-state index in [1.807, 2.05) is 19.2 Å². The van der Waals surface area contributed by atoms with Crippen LogP contribution in [0.25, 0.3) is 0 Å². The number of carbonyl (C=O) groups is 1. The lowest BCUT2D eigenvalue weighted by atomic mass is 9.69. The molecule has 5 nitrogen and oxygen atoms in total. The normalized spacial score (nSPS) is 20.1. The van der Waals surface area contributed by atoms with Crippen LogP contribution in [0.3, 0.4) is 0 Å². The first-order valence-corrected chi connectivity index (χ1v) is 18.1. The molecule has 0 saturated heterocycles. The van der Waals surface area contributed by atoms with Gasteiger partial charge in [0.1, 0.15) is 11.4 Å². The zero-order valence-electron chi connectivity index (χ0n) is 26.2. The van der Waals surface area contributed by atoms with Crippen molar-refractivity contribution >= 4 is 14.3 Å². The monoisotopic (exact) mass is 560 g/mol. The molecule has 2 rings (SSSR count). The molecule has 0 saturated carbocycles. The zero-order valence-corrected chi connectivity index (χ0v) is 27.2. The van der Waals surface area contributed by atoms with Crippen LogP contribution in [0.15, 0.2) is 23.8 Å². The lowest BCUT2D eigenvalue weighted by Gasteiger charge is -2.39. The number of esters is 1. The van der Waals surface area contributed by atoms with E-state index in [1.165, 1.54) is 5.57 Å². The van der Waals surface area contributed by atoms with Gasteiger partial charge in [-0.1, -0.05) is 78.0 Å². The minimum absolute atomic E-state index is 0.144. The van der Waals surface area contributed by atoms with Crippen LogP contribution in [-0.2, 0) is 21.6 Å². The summed E-state index contributed by atoms with van der Waals surface area (Å²) in [5, 5.41) is 23.4. The summed E-state index contributed by atoms with van der Waals surface area (Å²) < 4.78 is 5.25. The Hall–Kier alpha value is -1.63. The van der Waals surface area contributed by atoms with E-state index in [1.54, 1.807) is 13.0 Å². The van der Waals surface area contributed by atoms with Crippen molar-refractivity contribution in [2.45, 2.75) is 136 Å². The van der Waals surface area contributed by atoms with Gasteiger partial charge in [0.15, 0.2) is 8.32 Å². The number of benzene rings is 1. The Morgan fingerprint density at radius 1 is 1.15 bits per heavy atom. The molecule has 3 atom stereocenters. The number of unbranched alkanes of at least 4 members (excludes halogenated alkanes) is 3. The molecule has 1 aromatic carbocycles. The second kappa shape index (κ2) is 13.8. The molecule has 0 aromatic heterocycles. The lowest BCUT2D eigenvalue weighted by molar-refractivity contribution is -0.149. The van der Waals surface area contributed by atoms with Crippen LogP contribution >= 0.6 is 0 Å². The molecule has 222 valence electrons. The molecule has 6 heteroatoms. The fourth-order valence-corrected chi connectivity index (χ4v) is 6.62. The van der Waals surface area contributed by atoms with Gasteiger partial charge in [0.25, 0.3) is 0 Å². The molecule has 0 fully saturated rings. The van der Waals surface area contributed by atoms with Crippen molar-refractivity contribution < 1.29 is 24.5 Å². The van der Waals surface area contributed by atoms with Crippen molar-refractivity contribution in [2.75, 3.05) is 6.61 Å². The van der Waals surface area contributed by atoms with E-state index >= 15 is 0 Å². The maximum Gasteiger partial charge on any atom is 0.309 e. The third-order valence-electron chi connectivity index (χ3n) is 9.28. The highest BCUT2D eigenvalue weighted by Crippen LogP contribution is 2.50. The van der Waals surface area contributed by atoms with Crippen LogP contribution in [0, 0.1) is 11.8 Å². The molecule has 1 aliphatic rings. The average molecular weight is 561 g/mol. The van der Waals surface area contributed by atoms with Crippen LogP contribution in [-0.4, -0.2) is 35.9 Å². The van der Waals surface area contributed by atoms with E-state index in [2.05, 4.69) is 47.6 Å². The third kappa shape index (κ3) is 8.67. The van der Waals surface area contributed by atoms with E-state index in [4.69, 9.17) is 4.74 Å². The van der Waals surface area contributed by atoms with Crippen LogP contribution in [0.5, 0.6) is 5.75 Å². The highest BCUT2D eigenvalue weighted by molar-refractivity contribution is 6.72. The third-order valence-corrected chi connectivity index (χ3v) is 12.8. The largest absolute Gasteiger partial charge is 0.508 e. The first-order chi connectivity index (χ1) is 18.1. The molecule has 0 heterocycles. The van der Waals surface area contributed by atoms with Crippen molar-refractivity contribution in [1.29, 1.82) is 0 Å². The molecule has 1 unspecified atom stereocenters. The number of hydrogen-bond donors (Lipinski definition) is 3. The summed E-state index contributed by atoms with van der Waals surface area (Å²) in [6.07, 6.45) is 8.96. The van der Waals surface area contributed by atoms with Crippen molar-refractivity contribution in [1.82, 2.24) is 0 Å². The van der Waals surface area contributed by atoms with E-state index in [9.17, 15) is 19.8 Å². The fourth-order valence-electron chi connectivity index (χ4n) is 6.00. The molecular weight excluding hydrogens is 504 g/mol. The molecule has 0 aliphatic heterocycles. The predicted octanol–water partition coefficient (Wildman–Crippen LogP) is 8.12. The summed E-state index contributed by atoms with van der Waals surface area (Å²) in [5.41, 5.74) is 2.39. The number of carbonyl (C=O) groups excluding carboxylic acids is 1. The number of aromatic hydroxyl groups is 1. The second-order valence-corrected chi connectivity index (χ2v) is 18.0. The molecule has 1 aliphatic carbocycles. The zero-order chi connectivity index (χ0) is 29.6. The Morgan fingerprint density at radius 3 is 2.38 bits per heavy atom. The summed E-state index contributed by atoms with van der Waals surface area (Å²) in [4.78, 5) is 23.8. The van der Waals surface area contributed by atoms with Crippen LogP contribution in [0.4, 0.5) is 0 Å². The molecule has 0 radical (unpaired) electrons. The number of phenolic OH excluding ortho intramolecular Hbond substituents is 1. The molecular formula is C33H56O5Si. The van der Waals surface area contributed by atoms with E-state index in [-0.39, 0.29) is 29.7 Å². The van der Waals surface area contributed by atoms with Gasteiger partial charge in [0.2, 0.25) is 0 Å². The van der Waals surface area contributed by atoms with Gasteiger partial charge in [-0.25, -0.2) is 0 Å². The SMILES string of the molecule is CCCCCCC(O)(CC(=O)OCC)c1cc(O)c([C@@H]2CC(C)=CC[C@H]2C(C)C)c(CC(C)(C)[Si](C)(C)O)c1. The minimum atomic E-state index is -2.57. The maximum atomic E-state index is 12.6. The molecule has 3 N–H and O–H groups in total. The number of allylic oxidation sites excluding steroid dienone is 2. The number of rotatable bonds is 14. The Morgan fingerprint density at radius 2 is 1.82 bits per heavy atom. The number of phenols is 1. The summed E-state index contributed by atoms with van der Waals surface area (Å²) in [5.74, 6) is 0.747. The van der Waals surface area contributed by atoms with Crippen LogP contribution in [0.1, 0.15) is 122 Å². The van der Waals surface area contributed by atoms with Gasteiger partial charge in [0, 0.05) is 5.56 Å². The highest BCUT2D eigenvalue weighted by Gasteiger charge is 2.41. The smallest absolute Gasteiger partial charge is 0.309 e. The summed E-state index contributed by atoms with van der Waals surface area (Å²) in [6, 6.07) is 3.73. The van der Waals surface area contributed by atoms with Gasteiger partial charge in [-0.3, -0.25) is 4.79 Å². The van der Waals surface area contributed by atoms with Gasteiger partial charge in [-0.2, -0.15) is 0 Å². The van der Waals surface area contributed by atoms with Crippen molar-refractivity contribution in [3.63, 3.8) is 0 Å². The molecule has 0 bridgehead atoms. The number of ether oxygens (including phenoxy) is 1. The van der Waals surface area contributed by atoms with Crippen molar-refractivity contribution in [3.8, 4) is 5.75 Å². The highest BCUT2D eigenvalue weighted by atomic mass is 28.4. The van der Waals surface area contributed by atoms with E-state index in [0.717, 1.165) is 49.7 Å². The first kappa shape index (κ1) is 33.6. The predicted molar refractivity (Wildman–Crippen MR) is 164 cm³/mol. The quantitative estimate of drug-likeness (QED) is 0.0925. The average Bonchev–Trinajstić information content (AvgIpc) is 2.80. The van der Waals surface area contributed by atoms with Crippen molar-refractivity contribution in [2.24, 2.45) is 11.8 Å². The molecule has 0 amide bonds. The van der Waals surface area contributed by atoms with Crippen LogP contribution < -0.4 is 0 Å². The van der Waals surface area contributed by atoms with Crippen molar-refractivity contribution in [3.05, 3.63) is 40.5 Å². The lowest BCUT2D eigenvalue weighted by Crippen LogP contribution is -2.40. The minimum Gasteiger partial charge on any atom is -0.508 e. The fraction of sp³-hybridized carbons (Fsp3) is 0.727. The summed E-state index contributed by atoms with van der Waals surface area (Å²) in [7, 11) is -2.57. The van der Waals surface area contributed by atoms with E-state index < -0.39 is 19.9 Å². The van der Waals surface area contributed by atoms with Gasteiger partial charge < -0.3 is 19.7 Å². The topological polar surface area (TPSA) is 87.0 Å². The Bertz CT molecular complexity index is 991. The van der Waals surface area contributed by atoms with Gasteiger partial charge >= 0.3 is 5.97 Å². The van der Waals surface area contributed by atoms with Gasteiger partial charge in [-0.15, -0.1) is 0 Å². The van der Waals surface area contributed by atoms with E-state index in [0.29, 0.717) is 30.2 Å². The second-order valence-electron chi connectivity index (χ2n) is 13.5. The Labute approximate surface area is 239 Å². The standard InChI is InChI=1S/C33H56O5Si/c1-10-12-13-14-17-33(36,22-30(35)38-11-2)26-19-25(21-32(6,7)39(8,9)37)31(29(34)20-26)28-18-24(5)15-16-27(28)23(3)4/h15,19-20,23,27-28,34,36-37H,10-14,16-18,21-22H2,1-9H3/t27-,28+,33?/m0/s1. The molecule has 39 heavy (non-hydrogen) atoms. The summed E-state index contributed by atoms with van der Waals surface area (Å²) >= 11 is 0.